The number of benzene rings is 1. The normalized spacial score (nSPS) is 10.4. The van der Waals surface area contributed by atoms with Crippen LogP contribution < -0.4 is 5.32 Å². The highest BCUT2D eigenvalue weighted by Crippen LogP contribution is 2.08. The van der Waals surface area contributed by atoms with E-state index in [0.717, 1.165) is 11.1 Å². The van der Waals surface area contributed by atoms with Gasteiger partial charge >= 0.3 is 0 Å². The summed E-state index contributed by atoms with van der Waals surface area (Å²) in [6.07, 6.45) is 1.48. The third kappa shape index (κ3) is 3.86. The second-order valence-electron chi connectivity index (χ2n) is 4.51. The summed E-state index contributed by atoms with van der Waals surface area (Å²) in [5, 5.41) is 2.74. The molecule has 0 saturated carbocycles. The number of ether oxygens (including phenoxy) is 1. The Hall–Kier alpha value is -2.27. The number of aromatic nitrogens is 2. The molecule has 2 rings (SSSR count). The smallest absolute Gasteiger partial charge is 0.271 e. The zero-order chi connectivity index (χ0) is 14.4. The second kappa shape index (κ2) is 6.77. The van der Waals surface area contributed by atoms with Crippen molar-refractivity contribution in [3.8, 4) is 0 Å². The van der Waals surface area contributed by atoms with Crippen molar-refractivity contribution >= 4 is 16.9 Å². The van der Waals surface area contributed by atoms with Gasteiger partial charge in [0.25, 0.3) is 5.91 Å². The number of amides is 1. The van der Waals surface area contributed by atoms with E-state index in [4.69, 9.17) is 4.74 Å². The van der Waals surface area contributed by atoms with Crippen LogP contribution in [0.15, 0.2) is 42.6 Å². The van der Waals surface area contributed by atoms with Crippen LogP contribution in [0.5, 0.6) is 0 Å². The Labute approximate surface area is 117 Å². The Balaban J connectivity index is 1.89. The standard InChI is InChI=1S/C15H17N3O2/c1-11(2)10-20-8-7-16-15(19)14-9-17-12-5-3-4-6-13(12)18-14/h3-6,9H,1,7-8,10H2,2H3,(H,16,19). The second-order valence-corrected chi connectivity index (χ2v) is 4.51. The number of hydrogen-bond donors (Lipinski definition) is 1. The quantitative estimate of drug-likeness (QED) is 0.644. The summed E-state index contributed by atoms with van der Waals surface area (Å²) in [6, 6.07) is 7.43. The first-order valence-electron chi connectivity index (χ1n) is 6.39. The molecule has 1 N–H and O–H groups in total. The first kappa shape index (κ1) is 14.1. The van der Waals surface area contributed by atoms with E-state index in [1.165, 1.54) is 6.20 Å². The van der Waals surface area contributed by atoms with Crippen LogP contribution in [-0.2, 0) is 4.74 Å². The first-order valence-corrected chi connectivity index (χ1v) is 6.39. The highest BCUT2D eigenvalue weighted by molar-refractivity contribution is 5.93. The lowest BCUT2D eigenvalue weighted by atomic mass is 10.3. The van der Waals surface area contributed by atoms with E-state index in [1.54, 1.807) is 0 Å². The monoisotopic (exact) mass is 271 g/mol. The van der Waals surface area contributed by atoms with E-state index < -0.39 is 0 Å². The summed E-state index contributed by atoms with van der Waals surface area (Å²) in [5.41, 5.74) is 2.74. The molecule has 0 fully saturated rings. The van der Waals surface area contributed by atoms with E-state index in [1.807, 2.05) is 31.2 Å². The molecule has 1 aromatic carbocycles. The van der Waals surface area contributed by atoms with E-state index in [0.29, 0.717) is 31.0 Å². The van der Waals surface area contributed by atoms with Crippen LogP contribution in [0.25, 0.3) is 11.0 Å². The predicted octanol–water partition coefficient (Wildman–Crippen LogP) is 1.95. The molecule has 0 aliphatic rings. The maximum Gasteiger partial charge on any atom is 0.271 e. The average Bonchev–Trinajstić information content (AvgIpc) is 2.46. The summed E-state index contributed by atoms with van der Waals surface area (Å²) in [7, 11) is 0. The van der Waals surface area contributed by atoms with Gasteiger partial charge < -0.3 is 10.1 Å². The minimum Gasteiger partial charge on any atom is -0.375 e. The van der Waals surface area contributed by atoms with Gasteiger partial charge in [0.2, 0.25) is 0 Å². The molecule has 1 amide bonds. The number of carbonyl (C=O) groups excluding carboxylic acids is 1. The largest absolute Gasteiger partial charge is 0.375 e. The molecule has 2 aromatic rings. The van der Waals surface area contributed by atoms with Gasteiger partial charge in [-0.1, -0.05) is 24.3 Å². The van der Waals surface area contributed by atoms with E-state index in [2.05, 4.69) is 21.9 Å². The van der Waals surface area contributed by atoms with Crippen LogP contribution in [0.1, 0.15) is 17.4 Å². The van der Waals surface area contributed by atoms with Gasteiger partial charge in [-0.3, -0.25) is 9.78 Å². The zero-order valence-corrected chi connectivity index (χ0v) is 11.4. The first-order chi connectivity index (χ1) is 9.66. The van der Waals surface area contributed by atoms with Gasteiger partial charge in [0.15, 0.2) is 0 Å². The van der Waals surface area contributed by atoms with Crippen molar-refractivity contribution in [2.45, 2.75) is 6.92 Å². The molecule has 0 bridgehead atoms. The molecule has 5 nitrogen and oxygen atoms in total. The van der Waals surface area contributed by atoms with Crippen molar-refractivity contribution in [1.29, 1.82) is 0 Å². The van der Waals surface area contributed by atoms with Crippen LogP contribution in [0.3, 0.4) is 0 Å². The lowest BCUT2D eigenvalue weighted by Gasteiger charge is -2.06. The number of carbonyl (C=O) groups is 1. The molecule has 0 atom stereocenters. The summed E-state index contributed by atoms with van der Waals surface area (Å²) in [4.78, 5) is 20.4. The molecular weight excluding hydrogens is 254 g/mol. The maximum atomic E-state index is 11.9. The van der Waals surface area contributed by atoms with Crippen molar-refractivity contribution in [2.75, 3.05) is 19.8 Å². The van der Waals surface area contributed by atoms with Crippen LogP contribution in [0, 0.1) is 0 Å². The van der Waals surface area contributed by atoms with Gasteiger partial charge in [0.1, 0.15) is 5.69 Å². The van der Waals surface area contributed by atoms with E-state index >= 15 is 0 Å². The van der Waals surface area contributed by atoms with Crippen molar-refractivity contribution in [1.82, 2.24) is 15.3 Å². The number of para-hydroxylation sites is 2. The van der Waals surface area contributed by atoms with Gasteiger partial charge in [-0.2, -0.15) is 0 Å². The Kier molecular flexibility index (Phi) is 4.79. The molecule has 0 radical (unpaired) electrons. The van der Waals surface area contributed by atoms with Gasteiger partial charge in [-0.15, -0.1) is 0 Å². The summed E-state index contributed by atoms with van der Waals surface area (Å²) >= 11 is 0. The number of hydrogen-bond acceptors (Lipinski definition) is 4. The van der Waals surface area contributed by atoms with Gasteiger partial charge in [0.05, 0.1) is 30.4 Å². The lowest BCUT2D eigenvalue weighted by molar-refractivity contribution is 0.0922. The summed E-state index contributed by atoms with van der Waals surface area (Å²) in [5.74, 6) is -0.248. The van der Waals surface area contributed by atoms with E-state index in [-0.39, 0.29) is 5.91 Å². The van der Waals surface area contributed by atoms with Gasteiger partial charge in [-0.05, 0) is 19.1 Å². The fourth-order valence-electron chi connectivity index (χ4n) is 1.64. The Morgan fingerprint density at radius 1 is 1.35 bits per heavy atom. The third-order valence-electron chi connectivity index (χ3n) is 2.56. The third-order valence-corrected chi connectivity index (χ3v) is 2.56. The number of nitrogens with zero attached hydrogens (tertiary/aromatic N) is 2. The molecule has 0 unspecified atom stereocenters. The van der Waals surface area contributed by atoms with Crippen molar-refractivity contribution in [3.05, 3.63) is 48.3 Å². The van der Waals surface area contributed by atoms with Crippen molar-refractivity contribution in [2.24, 2.45) is 0 Å². The number of rotatable bonds is 6. The van der Waals surface area contributed by atoms with Crippen LogP contribution in [-0.4, -0.2) is 35.6 Å². The molecule has 20 heavy (non-hydrogen) atoms. The average molecular weight is 271 g/mol. The highest BCUT2D eigenvalue weighted by atomic mass is 16.5. The van der Waals surface area contributed by atoms with Gasteiger partial charge in [0, 0.05) is 6.54 Å². The predicted molar refractivity (Wildman–Crippen MR) is 77.5 cm³/mol. The fourth-order valence-corrected chi connectivity index (χ4v) is 1.64. The number of fused-ring (bicyclic) bond motifs is 1. The Morgan fingerprint density at radius 2 is 2.10 bits per heavy atom. The zero-order valence-electron chi connectivity index (χ0n) is 11.4. The molecule has 1 aromatic heterocycles. The van der Waals surface area contributed by atoms with Crippen LogP contribution in [0.2, 0.25) is 0 Å². The topological polar surface area (TPSA) is 64.1 Å². The van der Waals surface area contributed by atoms with Crippen LogP contribution >= 0.6 is 0 Å². The molecule has 5 heteroatoms. The van der Waals surface area contributed by atoms with Crippen molar-refractivity contribution < 1.29 is 9.53 Å². The minimum absolute atomic E-state index is 0.248. The molecule has 0 saturated heterocycles. The Bertz CT molecular complexity index is 625. The van der Waals surface area contributed by atoms with Crippen molar-refractivity contribution in [3.63, 3.8) is 0 Å². The molecule has 1 heterocycles. The number of nitrogens with one attached hydrogen (secondary N) is 1. The van der Waals surface area contributed by atoms with Crippen LogP contribution in [0.4, 0.5) is 0 Å². The molecule has 0 aliphatic heterocycles. The summed E-state index contributed by atoms with van der Waals surface area (Å²) in [6.45, 7) is 7.01. The Morgan fingerprint density at radius 3 is 2.85 bits per heavy atom. The van der Waals surface area contributed by atoms with E-state index in [9.17, 15) is 4.79 Å². The fraction of sp³-hybridized carbons (Fsp3) is 0.267. The molecule has 0 aliphatic carbocycles. The molecule has 0 spiro atoms. The van der Waals surface area contributed by atoms with Gasteiger partial charge in [-0.25, -0.2) is 4.98 Å². The SMILES string of the molecule is C=C(C)COCCNC(=O)c1cnc2ccccc2n1. The molecular formula is C15H17N3O2. The maximum absolute atomic E-state index is 11.9. The molecule has 104 valence electrons. The summed E-state index contributed by atoms with van der Waals surface area (Å²) < 4.78 is 5.30. The lowest BCUT2D eigenvalue weighted by Crippen LogP contribution is -2.28. The minimum atomic E-state index is -0.248. The highest BCUT2D eigenvalue weighted by Gasteiger charge is 2.08.